The maximum absolute atomic E-state index is 13.4. The van der Waals surface area contributed by atoms with Gasteiger partial charge < -0.3 is 5.32 Å². The molecule has 0 heterocycles. The highest BCUT2D eigenvalue weighted by molar-refractivity contribution is 6.05. The summed E-state index contributed by atoms with van der Waals surface area (Å²) in [7, 11) is 0. The van der Waals surface area contributed by atoms with E-state index in [2.05, 4.69) is 5.32 Å². The molecule has 3 rings (SSSR count). The van der Waals surface area contributed by atoms with Crippen LogP contribution in [-0.2, 0) is 0 Å². The van der Waals surface area contributed by atoms with Gasteiger partial charge in [-0.1, -0.05) is 66.7 Å². The summed E-state index contributed by atoms with van der Waals surface area (Å²) in [5, 5.41) is 3.83. The topological polar surface area (TPSA) is 29.1 Å². The molecule has 3 aromatic carbocycles. The van der Waals surface area contributed by atoms with Crippen LogP contribution in [0.2, 0.25) is 0 Å². The molecule has 0 aliphatic rings. The second-order valence-corrected chi connectivity index (χ2v) is 5.44. The van der Waals surface area contributed by atoms with E-state index in [0.29, 0.717) is 17.1 Å². The van der Waals surface area contributed by atoms with Gasteiger partial charge in [-0.05, 0) is 11.5 Å². The SMILES string of the molecule is O=C(/C=C(/Nc1cccc2ccccc12)C(F)(F)F)c1ccccc1. The van der Waals surface area contributed by atoms with Gasteiger partial charge in [0.05, 0.1) is 0 Å². The third-order valence-electron chi connectivity index (χ3n) is 3.70. The highest BCUT2D eigenvalue weighted by Crippen LogP contribution is 2.31. The van der Waals surface area contributed by atoms with E-state index >= 15 is 0 Å². The van der Waals surface area contributed by atoms with Gasteiger partial charge in [0.1, 0.15) is 5.70 Å². The third-order valence-corrected chi connectivity index (χ3v) is 3.70. The average molecular weight is 341 g/mol. The molecule has 5 heteroatoms. The molecule has 0 unspecified atom stereocenters. The van der Waals surface area contributed by atoms with Crippen LogP contribution >= 0.6 is 0 Å². The fraction of sp³-hybridized carbons (Fsp3) is 0.0500. The normalized spacial score (nSPS) is 12.2. The molecule has 0 spiro atoms. The zero-order valence-corrected chi connectivity index (χ0v) is 13.0. The second-order valence-electron chi connectivity index (χ2n) is 5.44. The predicted octanol–water partition coefficient (Wildman–Crippen LogP) is 5.58. The van der Waals surface area contributed by atoms with Crippen molar-refractivity contribution in [3.8, 4) is 0 Å². The number of carbonyl (C=O) groups is 1. The van der Waals surface area contributed by atoms with Crippen molar-refractivity contribution in [3.63, 3.8) is 0 Å². The molecule has 0 aliphatic carbocycles. The summed E-state index contributed by atoms with van der Waals surface area (Å²) in [6.45, 7) is 0. The fourth-order valence-corrected chi connectivity index (χ4v) is 2.49. The van der Waals surface area contributed by atoms with E-state index < -0.39 is 17.7 Å². The highest BCUT2D eigenvalue weighted by Gasteiger charge is 2.35. The molecule has 0 radical (unpaired) electrons. The molecule has 0 bridgehead atoms. The van der Waals surface area contributed by atoms with Crippen molar-refractivity contribution in [3.05, 3.63) is 90.1 Å². The Balaban J connectivity index is 2.00. The summed E-state index contributed by atoms with van der Waals surface area (Å²) in [4.78, 5) is 12.1. The number of benzene rings is 3. The monoisotopic (exact) mass is 341 g/mol. The van der Waals surface area contributed by atoms with Crippen LogP contribution in [0, 0.1) is 0 Å². The number of ketones is 1. The molecule has 126 valence electrons. The summed E-state index contributed by atoms with van der Waals surface area (Å²) in [6.07, 6.45) is -4.08. The third kappa shape index (κ3) is 3.88. The van der Waals surface area contributed by atoms with Gasteiger partial charge in [0, 0.05) is 22.7 Å². The number of hydrogen-bond donors (Lipinski definition) is 1. The minimum Gasteiger partial charge on any atom is -0.351 e. The standard InChI is InChI=1S/C20H14F3NO/c21-20(22,23)19(13-18(25)15-8-2-1-3-9-15)24-17-12-6-10-14-7-4-5-11-16(14)17/h1-13,24H/b19-13+. The first kappa shape index (κ1) is 16.8. The summed E-state index contributed by atoms with van der Waals surface area (Å²) in [6, 6.07) is 20.0. The van der Waals surface area contributed by atoms with Gasteiger partial charge in [0.15, 0.2) is 5.78 Å². The van der Waals surface area contributed by atoms with E-state index in [9.17, 15) is 18.0 Å². The van der Waals surface area contributed by atoms with Gasteiger partial charge in [-0.3, -0.25) is 4.79 Å². The Labute approximate surface area is 142 Å². The smallest absolute Gasteiger partial charge is 0.351 e. The Morgan fingerprint density at radius 2 is 1.48 bits per heavy atom. The molecule has 25 heavy (non-hydrogen) atoms. The maximum atomic E-state index is 13.4. The number of alkyl halides is 3. The summed E-state index contributed by atoms with van der Waals surface area (Å²) in [5.41, 5.74) is -0.607. The largest absolute Gasteiger partial charge is 0.431 e. The van der Waals surface area contributed by atoms with Crippen LogP contribution in [0.15, 0.2) is 84.6 Å². The molecule has 0 amide bonds. The number of anilines is 1. The quantitative estimate of drug-likeness (QED) is 0.496. The number of carbonyl (C=O) groups excluding carboxylic acids is 1. The number of fused-ring (bicyclic) bond motifs is 1. The summed E-state index contributed by atoms with van der Waals surface area (Å²) >= 11 is 0. The Bertz CT molecular complexity index is 925. The van der Waals surface area contributed by atoms with Crippen LogP contribution in [0.5, 0.6) is 0 Å². The lowest BCUT2D eigenvalue weighted by Crippen LogP contribution is -2.20. The number of hydrogen-bond acceptors (Lipinski definition) is 2. The van der Waals surface area contributed by atoms with E-state index in [1.54, 1.807) is 42.5 Å². The molecule has 2 nitrogen and oxygen atoms in total. The molecule has 0 fully saturated rings. The molecule has 1 N–H and O–H groups in total. The predicted molar refractivity (Wildman–Crippen MR) is 92.5 cm³/mol. The van der Waals surface area contributed by atoms with Crippen molar-refractivity contribution in [1.82, 2.24) is 0 Å². The first-order chi connectivity index (χ1) is 11.9. The van der Waals surface area contributed by atoms with Crippen molar-refractivity contribution in [2.45, 2.75) is 6.18 Å². The Morgan fingerprint density at radius 1 is 0.840 bits per heavy atom. The summed E-state index contributed by atoms with van der Waals surface area (Å²) in [5.74, 6) is -0.708. The zero-order valence-electron chi connectivity index (χ0n) is 13.0. The first-order valence-corrected chi connectivity index (χ1v) is 7.58. The van der Waals surface area contributed by atoms with E-state index in [0.717, 1.165) is 5.39 Å². The molecule has 3 aromatic rings. The highest BCUT2D eigenvalue weighted by atomic mass is 19.4. The van der Waals surface area contributed by atoms with Crippen LogP contribution in [0.25, 0.3) is 10.8 Å². The van der Waals surface area contributed by atoms with Gasteiger partial charge in [-0.25, -0.2) is 0 Å². The molecule has 0 aromatic heterocycles. The van der Waals surface area contributed by atoms with Crippen LogP contribution in [0.3, 0.4) is 0 Å². The average Bonchev–Trinajstić information content (AvgIpc) is 2.61. The lowest BCUT2D eigenvalue weighted by Gasteiger charge is -2.16. The molecule has 0 aliphatic heterocycles. The van der Waals surface area contributed by atoms with Crippen molar-refractivity contribution < 1.29 is 18.0 Å². The van der Waals surface area contributed by atoms with E-state index in [1.165, 1.54) is 12.1 Å². The maximum Gasteiger partial charge on any atom is 0.431 e. The van der Waals surface area contributed by atoms with E-state index in [1.807, 2.05) is 18.2 Å². The van der Waals surface area contributed by atoms with Crippen molar-refractivity contribution >= 4 is 22.2 Å². The molecule has 0 saturated carbocycles. The number of halogens is 3. The lowest BCUT2D eigenvalue weighted by molar-refractivity contribution is -0.0903. The Morgan fingerprint density at radius 3 is 2.20 bits per heavy atom. The molecular formula is C20H14F3NO. The minimum atomic E-state index is -4.68. The van der Waals surface area contributed by atoms with E-state index in [4.69, 9.17) is 0 Å². The summed E-state index contributed by atoms with van der Waals surface area (Å²) < 4.78 is 40.2. The zero-order chi connectivity index (χ0) is 17.9. The molecular weight excluding hydrogens is 327 g/mol. The van der Waals surface area contributed by atoms with Gasteiger partial charge in [0.25, 0.3) is 0 Å². The van der Waals surface area contributed by atoms with Crippen LogP contribution in [0.4, 0.5) is 18.9 Å². The van der Waals surface area contributed by atoms with Gasteiger partial charge >= 0.3 is 6.18 Å². The first-order valence-electron chi connectivity index (χ1n) is 7.58. The van der Waals surface area contributed by atoms with Gasteiger partial charge in [-0.15, -0.1) is 0 Å². The second kappa shape index (κ2) is 6.81. The number of nitrogens with one attached hydrogen (secondary N) is 1. The van der Waals surface area contributed by atoms with Crippen LogP contribution in [0.1, 0.15) is 10.4 Å². The van der Waals surface area contributed by atoms with E-state index in [-0.39, 0.29) is 5.56 Å². The Hall–Kier alpha value is -3.08. The minimum absolute atomic E-state index is 0.198. The fourth-order valence-electron chi connectivity index (χ4n) is 2.49. The van der Waals surface area contributed by atoms with Gasteiger partial charge in [-0.2, -0.15) is 13.2 Å². The van der Waals surface area contributed by atoms with Crippen molar-refractivity contribution in [2.75, 3.05) is 5.32 Å². The van der Waals surface area contributed by atoms with Crippen LogP contribution in [-0.4, -0.2) is 12.0 Å². The number of rotatable bonds is 4. The van der Waals surface area contributed by atoms with Crippen molar-refractivity contribution in [1.29, 1.82) is 0 Å². The van der Waals surface area contributed by atoms with Gasteiger partial charge in [0.2, 0.25) is 0 Å². The molecule has 0 atom stereocenters. The van der Waals surface area contributed by atoms with Crippen LogP contribution < -0.4 is 5.32 Å². The van der Waals surface area contributed by atoms with Crippen molar-refractivity contribution in [2.24, 2.45) is 0 Å². The number of allylic oxidation sites excluding steroid dienone is 2. The Kier molecular flexibility index (Phi) is 4.57. The lowest BCUT2D eigenvalue weighted by atomic mass is 10.1. The molecule has 0 saturated heterocycles.